The normalized spacial score (nSPS) is 21.1. The predicted molar refractivity (Wildman–Crippen MR) is 123 cm³/mol. The minimum Gasteiger partial charge on any atom is -0.378 e. The minimum atomic E-state index is -0.513. The second-order valence-corrected chi connectivity index (χ2v) is 8.52. The molecule has 4 rings (SSSR count). The standard InChI is InChI=1S/C23H27ClN4O3/c1-16-14-21(28(15-16)23(30)26-19-4-2-17(24)3-5-19)22(29)25-18-6-8-20(9-7-18)27-10-12-31-13-11-27/h2-9,16,21H,10-15H2,1H3,(H,25,29)(H,26,30)/t16-,21-/m1/s1. The summed E-state index contributed by atoms with van der Waals surface area (Å²) in [5.74, 6) is 0.0742. The first-order chi connectivity index (χ1) is 15.0. The fraction of sp³-hybridized carbons (Fsp3) is 0.391. The summed E-state index contributed by atoms with van der Waals surface area (Å²) < 4.78 is 5.39. The number of morpholine rings is 1. The molecule has 0 saturated carbocycles. The number of rotatable bonds is 4. The highest BCUT2D eigenvalue weighted by Gasteiger charge is 2.38. The number of ether oxygens (including phenoxy) is 1. The van der Waals surface area contributed by atoms with E-state index in [9.17, 15) is 9.59 Å². The molecule has 2 aliphatic heterocycles. The van der Waals surface area contributed by atoms with E-state index in [-0.39, 0.29) is 17.9 Å². The average Bonchev–Trinajstić information content (AvgIpc) is 3.18. The van der Waals surface area contributed by atoms with Crippen LogP contribution in [0.15, 0.2) is 48.5 Å². The fourth-order valence-electron chi connectivity index (χ4n) is 4.05. The molecular weight excluding hydrogens is 416 g/mol. The van der Waals surface area contributed by atoms with E-state index in [0.717, 1.165) is 37.7 Å². The zero-order chi connectivity index (χ0) is 21.8. The molecular formula is C23H27ClN4O3. The number of nitrogens with zero attached hydrogens (tertiary/aromatic N) is 2. The first-order valence-corrected chi connectivity index (χ1v) is 10.9. The van der Waals surface area contributed by atoms with Gasteiger partial charge in [0.25, 0.3) is 0 Å². The molecule has 2 aliphatic rings. The highest BCUT2D eigenvalue weighted by atomic mass is 35.5. The van der Waals surface area contributed by atoms with Gasteiger partial charge in [-0.1, -0.05) is 18.5 Å². The lowest BCUT2D eigenvalue weighted by Gasteiger charge is -2.29. The van der Waals surface area contributed by atoms with Crippen LogP contribution in [-0.4, -0.2) is 55.7 Å². The third-order valence-corrected chi connectivity index (χ3v) is 5.93. The lowest BCUT2D eigenvalue weighted by atomic mass is 10.1. The number of carbonyl (C=O) groups is 2. The van der Waals surface area contributed by atoms with Crippen molar-refractivity contribution in [3.8, 4) is 0 Å². The number of halogens is 1. The molecule has 164 valence electrons. The SMILES string of the molecule is C[C@@H]1C[C@H](C(=O)Nc2ccc(N3CCOCC3)cc2)N(C(=O)Nc2ccc(Cl)cc2)C1. The van der Waals surface area contributed by atoms with Crippen LogP contribution >= 0.6 is 11.6 Å². The molecule has 2 saturated heterocycles. The van der Waals surface area contributed by atoms with Crippen molar-refractivity contribution >= 4 is 40.6 Å². The molecule has 0 unspecified atom stereocenters. The van der Waals surface area contributed by atoms with Crippen molar-refractivity contribution in [2.24, 2.45) is 5.92 Å². The quantitative estimate of drug-likeness (QED) is 0.748. The molecule has 31 heavy (non-hydrogen) atoms. The highest BCUT2D eigenvalue weighted by Crippen LogP contribution is 2.26. The van der Waals surface area contributed by atoms with Gasteiger partial charge in [0.05, 0.1) is 13.2 Å². The Labute approximate surface area is 187 Å². The van der Waals surface area contributed by atoms with E-state index >= 15 is 0 Å². The van der Waals surface area contributed by atoms with Crippen molar-refractivity contribution in [1.29, 1.82) is 0 Å². The Morgan fingerprint density at radius 3 is 2.26 bits per heavy atom. The molecule has 2 aromatic rings. The molecule has 0 spiro atoms. The molecule has 3 amide bonds. The molecule has 0 aromatic heterocycles. The lowest BCUT2D eigenvalue weighted by Crippen LogP contribution is -2.45. The first-order valence-electron chi connectivity index (χ1n) is 10.6. The number of amides is 3. The Kier molecular flexibility index (Phi) is 6.63. The number of anilines is 3. The first kappa shape index (κ1) is 21.5. The van der Waals surface area contributed by atoms with E-state index < -0.39 is 6.04 Å². The highest BCUT2D eigenvalue weighted by molar-refractivity contribution is 6.30. The maximum atomic E-state index is 13.0. The van der Waals surface area contributed by atoms with E-state index in [1.165, 1.54) is 0 Å². The summed E-state index contributed by atoms with van der Waals surface area (Å²) >= 11 is 5.91. The number of hydrogen-bond acceptors (Lipinski definition) is 4. The van der Waals surface area contributed by atoms with Crippen LogP contribution in [0.3, 0.4) is 0 Å². The number of urea groups is 1. The van der Waals surface area contributed by atoms with Crippen molar-refractivity contribution in [2.75, 3.05) is 48.4 Å². The molecule has 2 heterocycles. The second-order valence-electron chi connectivity index (χ2n) is 8.08. The van der Waals surface area contributed by atoms with Gasteiger partial charge in [-0.05, 0) is 60.9 Å². The van der Waals surface area contributed by atoms with Crippen LogP contribution < -0.4 is 15.5 Å². The topological polar surface area (TPSA) is 73.9 Å². The van der Waals surface area contributed by atoms with Crippen molar-refractivity contribution in [2.45, 2.75) is 19.4 Å². The van der Waals surface area contributed by atoms with Crippen LogP contribution in [-0.2, 0) is 9.53 Å². The summed E-state index contributed by atoms with van der Waals surface area (Å²) in [6.07, 6.45) is 0.631. The van der Waals surface area contributed by atoms with E-state index in [2.05, 4.69) is 15.5 Å². The Balaban J connectivity index is 1.39. The van der Waals surface area contributed by atoms with E-state index in [1.54, 1.807) is 29.2 Å². The van der Waals surface area contributed by atoms with Crippen LogP contribution in [0.4, 0.5) is 21.9 Å². The minimum absolute atomic E-state index is 0.172. The molecule has 0 aliphatic carbocycles. The van der Waals surface area contributed by atoms with Gasteiger partial charge < -0.3 is 25.2 Å². The van der Waals surface area contributed by atoms with Crippen molar-refractivity contribution in [3.63, 3.8) is 0 Å². The third kappa shape index (κ3) is 5.29. The van der Waals surface area contributed by atoms with Crippen molar-refractivity contribution < 1.29 is 14.3 Å². The molecule has 0 bridgehead atoms. The van der Waals surface area contributed by atoms with E-state index in [0.29, 0.717) is 23.7 Å². The molecule has 0 radical (unpaired) electrons. The number of nitrogens with one attached hydrogen (secondary N) is 2. The zero-order valence-corrected chi connectivity index (χ0v) is 18.3. The second kappa shape index (κ2) is 9.58. The van der Waals surface area contributed by atoms with Crippen LogP contribution in [0, 0.1) is 5.92 Å². The fourth-order valence-corrected chi connectivity index (χ4v) is 4.18. The largest absolute Gasteiger partial charge is 0.378 e. The molecule has 2 atom stereocenters. The van der Waals surface area contributed by atoms with Gasteiger partial charge in [-0.3, -0.25) is 4.79 Å². The number of benzene rings is 2. The number of hydrogen-bond donors (Lipinski definition) is 2. The van der Waals surface area contributed by atoms with Gasteiger partial charge in [-0.2, -0.15) is 0 Å². The summed E-state index contributed by atoms with van der Waals surface area (Å²) in [5, 5.41) is 6.43. The van der Waals surface area contributed by atoms with Crippen LogP contribution in [0.1, 0.15) is 13.3 Å². The number of likely N-dealkylation sites (tertiary alicyclic amines) is 1. The summed E-state index contributed by atoms with van der Waals surface area (Å²) in [6, 6.07) is 13.9. The lowest BCUT2D eigenvalue weighted by molar-refractivity contribution is -0.119. The molecule has 2 N–H and O–H groups in total. The molecule has 8 heteroatoms. The van der Waals surface area contributed by atoms with E-state index in [1.807, 2.05) is 31.2 Å². The summed E-state index contributed by atoms with van der Waals surface area (Å²) in [6.45, 7) is 5.77. The van der Waals surface area contributed by atoms with Gasteiger partial charge in [0.2, 0.25) is 5.91 Å². The number of carbonyl (C=O) groups excluding carboxylic acids is 2. The van der Waals surface area contributed by atoms with Gasteiger partial charge in [-0.25, -0.2) is 4.79 Å². The molecule has 2 fully saturated rings. The van der Waals surface area contributed by atoms with Crippen molar-refractivity contribution in [3.05, 3.63) is 53.6 Å². The Bertz CT molecular complexity index is 913. The summed E-state index contributed by atoms with van der Waals surface area (Å²) in [4.78, 5) is 29.7. The average molecular weight is 443 g/mol. The Morgan fingerprint density at radius 2 is 1.58 bits per heavy atom. The predicted octanol–water partition coefficient (Wildman–Crippen LogP) is 4.06. The van der Waals surface area contributed by atoms with Gasteiger partial charge in [0, 0.05) is 41.7 Å². The van der Waals surface area contributed by atoms with Gasteiger partial charge in [0.1, 0.15) is 6.04 Å². The summed E-state index contributed by atoms with van der Waals surface area (Å²) in [7, 11) is 0. The third-order valence-electron chi connectivity index (χ3n) is 5.68. The van der Waals surface area contributed by atoms with Gasteiger partial charge in [-0.15, -0.1) is 0 Å². The summed E-state index contributed by atoms with van der Waals surface area (Å²) in [5.41, 5.74) is 2.48. The van der Waals surface area contributed by atoms with E-state index in [4.69, 9.17) is 16.3 Å². The maximum absolute atomic E-state index is 13.0. The Hall–Kier alpha value is -2.77. The van der Waals surface area contributed by atoms with Crippen LogP contribution in [0.2, 0.25) is 5.02 Å². The van der Waals surface area contributed by atoms with Gasteiger partial charge in [0.15, 0.2) is 0 Å². The van der Waals surface area contributed by atoms with Crippen molar-refractivity contribution in [1.82, 2.24) is 4.90 Å². The molecule has 2 aromatic carbocycles. The molecule has 7 nitrogen and oxygen atoms in total. The van der Waals surface area contributed by atoms with Crippen LogP contribution in [0.5, 0.6) is 0 Å². The maximum Gasteiger partial charge on any atom is 0.322 e. The van der Waals surface area contributed by atoms with Crippen LogP contribution in [0.25, 0.3) is 0 Å². The van der Waals surface area contributed by atoms with Gasteiger partial charge >= 0.3 is 6.03 Å². The Morgan fingerprint density at radius 1 is 0.968 bits per heavy atom. The monoisotopic (exact) mass is 442 g/mol. The zero-order valence-electron chi connectivity index (χ0n) is 17.5. The smallest absolute Gasteiger partial charge is 0.322 e.